The number of anilines is 1. The highest BCUT2D eigenvalue weighted by Gasteiger charge is 2.22. The summed E-state index contributed by atoms with van der Waals surface area (Å²) in [6, 6.07) is 9.02. The fourth-order valence-corrected chi connectivity index (χ4v) is 3.32. The molecule has 2 aromatic rings. The van der Waals surface area contributed by atoms with Crippen molar-refractivity contribution in [1.82, 2.24) is 0 Å². The number of thiophene rings is 1. The van der Waals surface area contributed by atoms with Crippen LogP contribution in [0.1, 0.15) is 31.1 Å². The number of halogens is 1. The minimum atomic E-state index is -1.11. The predicted molar refractivity (Wildman–Crippen MR) is 108 cm³/mol. The van der Waals surface area contributed by atoms with Crippen LogP contribution in [0, 0.1) is 11.3 Å². The van der Waals surface area contributed by atoms with E-state index in [1.807, 2.05) is 12.1 Å². The van der Waals surface area contributed by atoms with Gasteiger partial charge in [-0.2, -0.15) is 5.26 Å². The van der Waals surface area contributed by atoms with Gasteiger partial charge in [0.1, 0.15) is 22.2 Å². The van der Waals surface area contributed by atoms with E-state index in [1.54, 1.807) is 44.4 Å². The standard InChI is InChI=1S/C19H17BrN2O4S/c1-19(2,3)26-18(25)12(8-21)9-22-16-15(17(23)24)14(10-27-16)11-4-6-13(20)7-5-11/h4-7,9-10,22H,1-3H3,(H,23,24)/b12-9+. The van der Waals surface area contributed by atoms with Gasteiger partial charge in [-0.15, -0.1) is 11.3 Å². The maximum Gasteiger partial charge on any atom is 0.350 e. The van der Waals surface area contributed by atoms with Crippen molar-refractivity contribution in [1.29, 1.82) is 5.26 Å². The first-order valence-electron chi connectivity index (χ1n) is 7.83. The second-order valence-electron chi connectivity index (χ2n) is 6.48. The van der Waals surface area contributed by atoms with Gasteiger partial charge in [0.15, 0.2) is 5.57 Å². The average molecular weight is 449 g/mol. The number of benzene rings is 1. The Morgan fingerprint density at radius 2 is 1.93 bits per heavy atom. The molecule has 0 atom stereocenters. The van der Waals surface area contributed by atoms with Crippen molar-refractivity contribution < 1.29 is 19.4 Å². The molecule has 1 heterocycles. The molecule has 8 heteroatoms. The molecule has 2 N–H and O–H groups in total. The third-order valence-electron chi connectivity index (χ3n) is 3.25. The molecule has 0 unspecified atom stereocenters. The molecule has 0 aliphatic rings. The van der Waals surface area contributed by atoms with Crippen molar-refractivity contribution in [2.75, 3.05) is 5.32 Å². The van der Waals surface area contributed by atoms with Gasteiger partial charge >= 0.3 is 11.9 Å². The highest BCUT2D eigenvalue weighted by Crippen LogP contribution is 2.36. The Morgan fingerprint density at radius 3 is 2.44 bits per heavy atom. The largest absolute Gasteiger partial charge is 0.478 e. The summed E-state index contributed by atoms with van der Waals surface area (Å²) in [7, 11) is 0. The molecular formula is C19H17BrN2O4S. The van der Waals surface area contributed by atoms with Crippen molar-refractivity contribution in [2.45, 2.75) is 26.4 Å². The van der Waals surface area contributed by atoms with Crippen LogP contribution in [-0.4, -0.2) is 22.6 Å². The zero-order valence-corrected chi connectivity index (χ0v) is 17.3. The number of carboxylic acid groups (broad SMARTS) is 1. The van der Waals surface area contributed by atoms with E-state index >= 15 is 0 Å². The second-order valence-corrected chi connectivity index (χ2v) is 8.28. The Labute approximate surface area is 169 Å². The van der Waals surface area contributed by atoms with Gasteiger partial charge in [0, 0.05) is 21.6 Å². The maximum absolute atomic E-state index is 12.0. The average Bonchev–Trinajstić information content (AvgIpc) is 2.98. The maximum atomic E-state index is 12.0. The van der Waals surface area contributed by atoms with Crippen LogP contribution in [0.2, 0.25) is 0 Å². The van der Waals surface area contributed by atoms with E-state index in [1.165, 1.54) is 11.3 Å². The first-order valence-corrected chi connectivity index (χ1v) is 9.50. The Hall–Kier alpha value is -2.63. The Balaban J connectivity index is 2.34. The molecule has 2 rings (SSSR count). The highest BCUT2D eigenvalue weighted by atomic mass is 79.9. The minimum absolute atomic E-state index is 0.0695. The highest BCUT2D eigenvalue weighted by molar-refractivity contribution is 9.10. The summed E-state index contributed by atoms with van der Waals surface area (Å²) in [6.07, 6.45) is 1.16. The molecule has 0 amide bonds. The number of carboxylic acids is 1. The first kappa shape index (κ1) is 20.7. The number of carbonyl (C=O) groups is 2. The molecule has 0 fully saturated rings. The van der Waals surface area contributed by atoms with Gasteiger partial charge in [0.25, 0.3) is 0 Å². The number of carbonyl (C=O) groups excluding carboxylic acids is 1. The van der Waals surface area contributed by atoms with Crippen LogP contribution in [-0.2, 0) is 9.53 Å². The normalized spacial score (nSPS) is 11.6. The van der Waals surface area contributed by atoms with E-state index in [0.29, 0.717) is 10.6 Å². The molecule has 0 saturated carbocycles. The van der Waals surface area contributed by atoms with Crippen molar-refractivity contribution in [3.8, 4) is 17.2 Å². The molecule has 1 aromatic carbocycles. The van der Waals surface area contributed by atoms with Gasteiger partial charge in [-0.25, -0.2) is 9.59 Å². The number of hydrogen-bond acceptors (Lipinski definition) is 6. The summed E-state index contributed by atoms with van der Waals surface area (Å²) in [5, 5.41) is 23.6. The smallest absolute Gasteiger partial charge is 0.350 e. The van der Waals surface area contributed by atoms with Gasteiger partial charge in [-0.05, 0) is 38.5 Å². The molecule has 6 nitrogen and oxygen atoms in total. The number of nitrogens with zero attached hydrogens (tertiary/aromatic N) is 1. The summed E-state index contributed by atoms with van der Waals surface area (Å²) in [5.74, 6) is -1.89. The minimum Gasteiger partial charge on any atom is -0.478 e. The summed E-state index contributed by atoms with van der Waals surface area (Å²) in [4.78, 5) is 23.8. The molecule has 27 heavy (non-hydrogen) atoms. The van der Waals surface area contributed by atoms with Crippen LogP contribution in [0.5, 0.6) is 0 Å². The third kappa shape index (κ3) is 5.42. The summed E-state index contributed by atoms with van der Waals surface area (Å²) < 4.78 is 6.04. The lowest BCUT2D eigenvalue weighted by Crippen LogP contribution is -2.24. The molecule has 0 radical (unpaired) electrons. The van der Waals surface area contributed by atoms with Gasteiger partial charge in [0.2, 0.25) is 0 Å². The molecule has 0 spiro atoms. The lowest BCUT2D eigenvalue weighted by molar-refractivity contribution is -0.149. The quantitative estimate of drug-likeness (QED) is 0.377. The number of nitrogens with one attached hydrogen (secondary N) is 1. The van der Waals surface area contributed by atoms with Gasteiger partial charge in [-0.3, -0.25) is 0 Å². The number of nitriles is 1. The fourth-order valence-electron chi connectivity index (χ4n) is 2.13. The number of ether oxygens (including phenoxy) is 1. The third-order valence-corrected chi connectivity index (χ3v) is 4.69. The molecule has 140 valence electrons. The van der Waals surface area contributed by atoms with Crippen molar-refractivity contribution in [3.63, 3.8) is 0 Å². The summed E-state index contributed by atoms with van der Waals surface area (Å²) in [5.41, 5.74) is 0.375. The number of aromatic carboxylic acids is 1. The number of esters is 1. The lowest BCUT2D eigenvalue weighted by Gasteiger charge is -2.18. The van der Waals surface area contributed by atoms with E-state index in [0.717, 1.165) is 16.2 Å². The molecule has 0 saturated heterocycles. The molecule has 0 bridgehead atoms. The zero-order chi connectivity index (χ0) is 20.2. The van der Waals surface area contributed by atoms with Crippen LogP contribution in [0.15, 0.2) is 45.9 Å². The van der Waals surface area contributed by atoms with Gasteiger partial charge in [0.05, 0.1) is 0 Å². The van der Waals surface area contributed by atoms with Crippen molar-refractivity contribution >= 4 is 44.2 Å². The van der Waals surface area contributed by atoms with Gasteiger partial charge < -0.3 is 15.2 Å². The Morgan fingerprint density at radius 1 is 1.30 bits per heavy atom. The van der Waals surface area contributed by atoms with Gasteiger partial charge in [-0.1, -0.05) is 28.1 Å². The molecular weight excluding hydrogens is 432 g/mol. The Bertz CT molecular complexity index is 934. The number of rotatable bonds is 5. The first-order chi connectivity index (χ1) is 12.6. The van der Waals surface area contributed by atoms with Crippen LogP contribution < -0.4 is 5.32 Å². The zero-order valence-electron chi connectivity index (χ0n) is 14.9. The predicted octanol–water partition coefficient (Wildman–Crippen LogP) is 5.04. The van der Waals surface area contributed by atoms with E-state index in [9.17, 15) is 20.0 Å². The van der Waals surface area contributed by atoms with Crippen LogP contribution in [0.3, 0.4) is 0 Å². The van der Waals surface area contributed by atoms with Crippen molar-refractivity contribution in [3.05, 3.63) is 51.5 Å². The van der Waals surface area contributed by atoms with Crippen LogP contribution in [0.4, 0.5) is 5.00 Å². The van der Waals surface area contributed by atoms with Crippen LogP contribution >= 0.6 is 27.3 Å². The molecule has 1 aromatic heterocycles. The SMILES string of the molecule is CC(C)(C)OC(=O)/C(C#N)=C/Nc1scc(-c2ccc(Br)cc2)c1C(=O)O. The second kappa shape index (κ2) is 8.37. The monoisotopic (exact) mass is 448 g/mol. The van der Waals surface area contributed by atoms with E-state index in [4.69, 9.17) is 4.74 Å². The summed E-state index contributed by atoms with van der Waals surface area (Å²) >= 11 is 4.52. The lowest BCUT2D eigenvalue weighted by atomic mass is 10.0. The van der Waals surface area contributed by atoms with Crippen LogP contribution in [0.25, 0.3) is 11.1 Å². The molecule has 0 aliphatic carbocycles. The van der Waals surface area contributed by atoms with E-state index in [-0.39, 0.29) is 11.1 Å². The molecule has 0 aliphatic heterocycles. The van der Waals surface area contributed by atoms with E-state index < -0.39 is 17.5 Å². The van der Waals surface area contributed by atoms with Crippen molar-refractivity contribution in [2.24, 2.45) is 0 Å². The topological polar surface area (TPSA) is 99.4 Å². The fraction of sp³-hybridized carbons (Fsp3) is 0.211. The summed E-state index contributed by atoms with van der Waals surface area (Å²) in [6.45, 7) is 5.08. The van der Waals surface area contributed by atoms with E-state index in [2.05, 4.69) is 21.2 Å². The number of hydrogen-bond donors (Lipinski definition) is 2. The Kier molecular flexibility index (Phi) is 6.41.